The predicted octanol–water partition coefficient (Wildman–Crippen LogP) is 4.99. The Kier molecular flexibility index (Phi) is 11.6. The lowest BCUT2D eigenvalue weighted by Gasteiger charge is -2.23. The first-order valence-corrected chi connectivity index (χ1v) is 14.8. The summed E-state index contributed by atoms with van der Waals surface area (Å²) in [6.45, 7) is 0. The van der Waals surface area contributed by atoms with Crippen molar-refractivity contribution in [3.8, 4) is 0 Å². The molecule has 0 fully saturated rings. The van der Waals surface area contributed by atoms with Gasteiger partial charge >= 0.3 is 0 Å². The molecule has 2 unspecified atom stereocenters. The second-order valence-corrected chi connectivity index (χ2v) is 11.0. The lowest BCUT2D eigenvalue weighted by molar-refractivity contribution is -0.130. The number of rotatable bonds is 14. The molecule has 0 aliphatic heterocycles. The molecule has 4 aromatic rings. The van der Waals surface area contributed by atoms with Gasteiger partial charge in [-0.1, -0.05) is 97.1 Å². The molecule has 0 saturated heterocycles. The average Bonchev–Trinajstić information content (AvgIpc) is 3.07. The standard InChI is InChI=1S/C35H30Cl2N2O5/c36-29(31(40)27(21-23-13-5-1-6-14-23)38-34(43)25-17-9-3-10-18-25)33(42)30(37)32(41)28(22-24-15-7-2-8-16-24)39-35(44)26-19-11-4-12-20-26/h1-20,27-30H,21-22H2,(H,38,43)(H,39,44)/t27-,28-,29?,30?/m0/s1. The van der Waals surface area contributed by atoms with Gasteiger partial charge in [0.25, 0.3) is 11.8 Å². The van der Waals surface area contributed by atoms with E-state index in [4.69, 9.17) is 23.2 Å². The van der Waals surface area contributed by atoms with Crippen molar-refractivity contribution < 1.29 is 24.0 Å². The molecule has 2 N–H and O–H groups in total. The highest BCUT2D eigenvalue weighted by molar-refractivity contribution is 6.53. The van der Waals surface area contributed by atoms with Crippen LogP contribution in [0.15, 0.2) is 121 Å². The Morgan fingerprint density at radius 1 is 0.455 bits per heavy atom. The third-order valence-corrected chi connectivity index (χ3v) is 7.79. The minimum absolute atomic E-state index is 0.0550. The van der Waals surface area contributed by atoms with E-state index < -0.39 is 52.0 Å². The summed E-state index contributed by atoms with van der Waals surface area (Å²) < 4.78 is 0. The Hall–Kier alpha value is -4.59. The van der Waals surface area contributed by atoms with Gasteiger partial charge in [-0.15, -0.1) is 23.2 Å². The van der Waals surface area contributed by atoms with Crippen LogP contribution >= 0.6 is 23.2 Å². The van der Waals surface area contributed by atoms with Crippen LogP contribution in [-0.4, -0.2) is 52.0 Å². The fraction of sp³-hybridized carbons (Fsp3) is 0.171. The molecular weight excluding hydrogens is 599 g/mol. The summed E-state index contributed by atoms with van der Waals surface area (Å²) in [6, 6.07) is 32.1. The van der Waals surface area contributed by atoms with Crippen LogP contribution < -0.4 is 10.6 Å². The third kappa shape index (κ3) is 8.72. The van der Waals surface area contributed by atoms with E-state index in [1.54, 1.807) is 109 Å². The van der Waals surface area contributed by atoms with Crippen molar-refractivity contribution in [3.63, 3.8) is 0 Å². The molecule has 4 atom stereocenters. The molecule has 9 heteroatoms. The van der Waals surface area contributed by atoms with Crippen molar-refractivity contribution in [1.29, 1.82) is 0 Å². The molecular formula is C35H30Cl2N2O5. The summed E-state index contributed by atoms with van der Waals surface area (Å²) in [7, 11) is 0. The van der Waals surface area contributed by atoms with Crippen LogP contribution in [-0.2, 0) is 27.2 Å². The summed E-state index contributed by atoms with van der Waals surface area (Å²) in [5, 5.41) is 1.67. The van der Waals surface area contributed by atoms with E-state index >= 15 is 0 Å². The molecule has 0 aliphatic carbocycles. The van der Waals surface area contributed by atoms with Crippen LogP contribution in [0.1, 0.15) is 31.8 Å². The highest BCUT2D eigenvalue weighted by atomic mass is 35.5. The number of ketones is 3. The van der Waals surface area contributed by atoms with E-state index in [9.17, 15) is 24.0 Å². The number of hydrogen-bond acceptors (Lipinski definition) is 5. The van der Waals surface area contributed by atoms with Gasteiger partial charge in [-0.25, -0.2) is 0 Å². The summed E-state index contributed by atoms with van der Waals surface area (Å²) in [4.78, 5) is 66.5. The summed E-state index contributed by atoms with van der Waals surface area (Å²) in [5.74, 6) is -3.71. The Morgan fingerprint density at radius 2 is 0.750 bits per heavy atom. The predicted molar refractivity (Wildman–Crippen MR) is 170 cm³/mol. The molecule has 0 bridgehead atoms. The molecule has 0 aliphatic rings. The molecule has 4 aromatic carbocycles. The first-order chi connectivity index (χ1) is 21.2. The molecule has 224 valence electrons. The van der Waals surface area contributed by atoms with Crippen molar-refractivity contribution in [1.82, 2.24) is 10.6 Å². The SMILES string of the molecule is O=C(N[C@@H](Cc1ccccc1)C(=O)C(Cl)C(=O)C(Cl)C(=O)[C@H](Cc1ccccc1)NC(=O)c1ccccc1)c1ccccc1. The maximum atomic E-state index is 13.6. The van der Waals surface area contributed by atoms with Crippen molar-refractivity contribution >= 4 is 52.4 Å². The molecule has 0 heterocycles. The lowest BCUT2D eigenvalue weighted by atomic mass is 9.94. The zero-order valence-electron chi connectivity index (χ0n) is 23.6. The molecule has 44 heavy (non-hydrogen) atoms. The maximum Gasteiger partial charge on any atom is 0.251 e. The van der Waals surface area contributed by atoms with E-state index in [1.807, 2.05) is 12.1 Å². The smallest absolute Gasteiger partial charge is 0.251 e. The van der Waals surface area contributed by atoms with Gasteiger partial charge in [-0.2, -0.15) is 0 Å². The van der Waals surface area contributed by atoms with Crippen LogP contribution in [0.4, 0.5) is 0 Å². The van der Waals surface area contributed by atoms with E-state index in [2.05, 4.69) is 10.6 Å². The topological polar surface area (TPSA) is 109 Å². The average molecular weight is 630 g/mol. The number of Topliss-reactive ketones (excluding diaryl/α,β-unsaturated/α-hetero) is 3. The van der Waals surface area contributed by atoms with E-state index in [0.717, 1.165) is 11.1 Å². The first-order valence-electron chi connectivity index (χ1n) is 13.9. The molecule has 0 saturated carbocycles. The van der Waals surface area contributed by atoms with Gasteiger partial charge in [0.1, 0.15) is 0 Å². The van der Waals surface area contributed by atoms with Crippen LogP contribution in [0.3, 0.4) is 0 Å². The summed E-state index contributed by atoms with van der Waals surface area (Å²) in [5.41, 5.74) is 2.08. The van der Waals surface area contributed by atoms with Crippen molar-refractivity contribution in [2.45, 2.75) is 35.7 Å². The van der Waals surface area contributed by atoms with Crippen LogP contribution in [0.5, 0.6) is 0 Å². The second kappa shape index (κ2) is 15.8. The Balaban J connectivity index is 1.53. The molecule has 2 amide bonds. The molecule has 7 nitrogen and oxygen atoms in total. The zero-order chi connectivity index (χ0) is 31.5. The Morgan fingerprint density at radius 3 is 1.07 bits per heavy atom. The number of carbonyl (C=O) groups excluding carboxylic acids is 5. The second-order valence-electron chi connectivity index (χ2n) is 10.1. The van der Waals surface area contributed by atoms with Gasteiger partial charge in [0.15, 0.2) is 28.1 Å². The quantitative estimate of drug-likeness (QED) is 0.151. The highest BCUT2D eigenvalue weighted by Gasteiger charge is 2.40. The summed E-state index contributed by atoms with van der Waals surface area (Å²) >= 11 is 12.8. The van der Waals surface area contributed by atoms with Gasteiger partial charge < -0.3 is 10.6 Å². The number of benzene rings is 4. The monoisotopic (exact) mass is 628 g/mol. The van der Waals surface area contributed by atoms with Gasteiger partial charge in [0, 0.05) is 11.1 Å². The van der Waals surface area contributed by atoms with Gasteiger partial charge in [0.2, 0.25) is 0 Å². The minimum atomic E-state index is -1.84. The van der Waals surface area contributed by atoms with Crippen LogP contribution in [0.2, 0.25) is 0 Å². The zero-order valence-corrected chi connectivity index (χ0v) is 25.1. The number of nitrogens with one attached hydrogen (secondary N) is 2. The Labute approximate surface area is 265 Å². The number of halogens is 2. The number of alkyl halides is 2. The minimum Gasteiger partial charge on any atom is -0.342 e. The molecule has 4 rings (SSSR count). The maximum absolute atomic E-state index is 13.6. The largest absolute Gasteiger partial charge is 0.342 e. The lowest BCUT2D eigenvalue weighted by Crippen LogP contribution is -2.52. The fourth-order valence-electron chi connectivity index (χ4n) is 4.57. The number of carbonyl (C=O) groups is 5. The highest BCUT2D eigenvalue weighted by Crippen LogP contribution is 2.17. The van der Waals surface area contributed by atoms with Crippen LogP contribution in [0, 0.1) is 0 Å². The van der Waals surface area contributed by atoms with Crippen molar-refractivity contribution in [2.24, 2.45) is 0 Å². The van der Waals surface area contributed by atoms with Crippen molar-refractivity contribution in [3.05, 3.63) is 144 Å². The van der Waals surface area contributed by atoms with Gasteiger partial charge in [0.05, 0.1) is 12.1 Å². The number of hydrogen-bond donors (Lipinski definition) is 2. The third-order valence-electron chi connectivity index (χ3n) is 6.93. The van der Waals surface area contributed by atoms with E-state index in [0.29, 0.717) is 11.1 Å². The van der Waals surface area contributed by atoms with Crippen LogP contribution in [0.25, 0.3) is 0 Å². The first kappa shape index (κ1) is 32.3. The summed E-state index contributed by atoms with van der Waals surface area (Å²) in [6.07, 6.45) is 0.110. The van der Waals surface area contributed by atoms with E-state index in [1.165, 1.54) is 0 Å². The van der Waals surface area contributed by atoms with Gasteiger partial charge in [-0.05, 0) is 48.2 Å². The molecule has 0 spiro atoms. The molecule has 0 radical (unpaired) electrons. The molecule has 0 aromatic heterocycles. The normalized spacial score (nSPS) is 13.5. The van der Waals surface area contributed by atoms with Crippen molar-refractivity contribution in [2.75, 3.05) is 0 Å². The Bertz CT molecular complexity index is 1470. The van der Waals surface area contributed by atoms with Gasteiger partial charge in [-0.3, -0.25) is 24.0 Å². The number of amides is 2. The fourth-order valence-corrected chi connectivity index (χ4v) is 5.19. The van der Waals surface area contributed by atoms with E-state index in [-0.39, 0.29) is 12.8 Å².